The van der Waals surface area contributed by atoms with Gasteiger partial charge in [-0.25, -0.2) is 0 Å². The maximum Gasteiger partial charge on any atom is 0.306 e. The van der Waals surface area contributed by atoms with E-state index in [1.807, 2.05) is 0 Å². The lowest BCUT2D eigenvalue weighted by molar-refractivity contribution is -0.167. The molecule has 6 nitrogen and oxygen atoms in total. The van der Waals surface area contributed by atoms with Crippen molar-refractivity contribution >= 4 is 17.9 Å². The maximum atomic E-state index is 12.9. The fourth-order valence-corrected chi connectivity index (χ4v) is 9.23. The molecule has 0 heterocycles. The van der Waals surface area contributed by atoms with Gasteiger partial charge >= 0.3 is 17.9 Å². The van der Waals surface area contributed by atoms with E-state index < -0.39 is 6.10 Å². The highest BCUT2D eigenvalue weighted by molar-refractivity contribution is 5.71. The molecular formula is C60H116O6. The topological polar surface area (TPSA) is 78.9 Å². The molecule has 0 bridgehead atoms. The summed E-state index contributed by atoms with van der Waals surface area (Å²) in [7, 11) is 0. The number of hydrogen-bond donors (Lipinski definition) is 0. The van der Waals surface area contributed by atoms with Crippen LogP contribution in [0.3, 0.4) is 0 Å². The van der Waals surface area contributed by atoms with Gasteiger partial charge in [0.2, 0.25) is 0 Å². The molecule has 6 heteroatoms. The Hall–Kier alpha value is -1.59. The van der Waals surface area contributed by atoms with Crippen LogP contribution in [0.5, 0.6) is 0 Å². The number of ether oxygens (including phenoxy) is 3. The summed E-state index contributed by atoms with van der Waals surface area (Å²) in [4.78, 5) is 38.2. The third-order valence-corrected chi connectivity index (χ3v) is 13.7. The highest BCUT2D eigenvalue weighted by Crippen LogP contribution is 2.18. The summed E-state index contributed by atoms with van der Waals surface area (Å²) in [6.07, 6.45) is 56.7. The van der Waals surface area contributed by atoms with Gasteiger partial charge in [0, 0.05) is 19.3 Å². The zero-order valence-corrected chi connectivity index (χ0v) is 45.3. The lowest BCUT2D eigenvalue weighted by atomic mass is 10.0. The van der Waals surface area contributed by atoms with E-state index in [9.17, 15) is 14.4 Å². The predicted molar refractivity (Wildman–Crippen MR) is 284 cm³/mol. The normalized spacial score (nSPS) is 12.0. The average Bonchev–Trinajstić information content (AvgIpc) is 3.29. The summed E-state index contributed by atoms with van der Waals surface area (Å²) < 4.78 is 16.9. The summed E-state index contributed by atoms with van der Waals surface area (Å²) in [5, 5.41) is 0. The van der Waals surface area contributed by atoms with Gasteiger partial charge in [0.15, 0.2) is 6.10 Å². The number of esters is 3. The highest BCUT2D eigenvalue weighted by Gasteiger charge is 2.19. The summed E-state index contributed by atoms with van der Waals surface area (Å²) in [6, 6.07) is 0. The smallest absolute Gasteiger partial charge is 0.306 e. The van der Waals surface area contributed by atoms with Crippen molar-refractivity contribution in [2.45, 2.75) is 343 Å². The van der Waals surface area contributed by atoms with Crippen LogP contribution in [0.4, 0.5) is 0 Å². The molecule has 0 fully saturated rings. The summed E-state index contributed by atoms with van der Waals surface area (Å²) >= 11 is 0. The first-order chi connectivity index (χ1) is 32.2. The van der Waals surface area contributed by atoms with E-state index >= 15 is 0 Å². The lowest BCUT2D eigenvalue weighted by Crippen LogP contribution is -2.30. The molecule has 66 heavy (non-hydrogen) atoms. The van der Waals surface area contributed by atoms with Crippen molar-refractivity contribution < 1.29 is 28.6 Å². The minimum absolute atomic E-state index is 0.0628. The van der Waals surface area contributed by atoms with E-state index in [0.717, 1.165) is 69.6 Å². The largest absolute Gasteiger partial charge is 0.462 e. The standard InChI is InChI=1S/C60H116O6/c1-6-7-8-9-10-11-12-13-14-15-16-17-18-22-25-30-35-40-45-50-58(61)64-53-57(54-65-59(62)51-46-41-36-32-27-29-34-39-44-49-56(4)5)66-60(63)52-47-42-37-31-26-23-20-19-21-24-28-33-38-43-48-55(2)3/h55-57H,6-54H2,1-5H3/t57-/m0/s1. The number of hydrogen-bond acceptors (Lipinski definition) is 6. The van der Waals surface area contributed by atoms with Crippen molar-refractivity contribution in [3.8, 4) is 0 Å². The molecule has 0 aliphatic rings. The second kappa shape index (κ2) is 52.8. The predicted octanol–water partition coefficient (Wildman–Crippen LogP) is 19.7. The zero-order chi connectivity index (χ0) is 48.2. The van der Waals surface area contributed by atoms with Crippen LogP contribution in [-0.2, 0) is 28.6 Å². The van der Waals surface area contributed by atoms with Gasteiger partial charge in [0.05, 0.1) is 0 Å². The number of unbranched alkanes of at least 4 members (excludes halogenated alkanes) is 39. The number of rotatable bonds is 54. The second-order valence-electron chi connectivity index (χ2n) is 21.6. The molecule has 0 aromatic rings. The number of carbonyl (C=O) groups is 3. The monoisotopic (exact) mass is 933 g/mol. The molecule has 0 N–H and O–H groups in total. The molecule has 0 aliphatic heterocycles. The van der Waals surface area contributed by atoms with Crippen LogP contribution in [0.15, 0.2) is 0 Å². The van der Waals surface area contributed by atoms with Crippen LogP contribution >= 0.6 is 0 Å². The molecule has 0 amide bonds. The van der Waals surface area contributed by atoms with Crippen LogP contribution in [0.2, 0.25) is 0 Å². The van der Waals surface area contributed by atoms with Gasteiger partial charge in [0.25, 0.3) is 0 Å². The van der Waals surface area contributed by atoms with Gasteiger partial charge in [-0.1, -0.05) is 298 Å². The van der Waals surface area contributed by atoms with Gasteiger partial charge < -0.3 is 14.2 Å². The van der Waals surface area contributed by atoms with Gasteiger partial charge in [-0.3, -0.25) is 14.4 Å². The molecule has 0 spiro atoms. The van der Waals surface area contributed by atoms with Crippen molar-refractivity contribution in [3.05, 3.63) is 0 Å². The van der Waals surface area contributed by atoms with Gasteiger partial charge in [0.1, 0.15) is 13.2 Å². The van der Waals surface area contributed by atoms with E-state index in [1.54, 1.807) is 0 Å². The van der Waals surface area contributed by atoms with E-state index in [4.69, 9.17) is 14.2 Å². The fraction of sp³-hybridized carbons (Fsp3) is 0.950. The van der Waals surface area contributed by atoms with Crippen LogP contribution in [0.1, 0.15) is 336 Å². The van der Waals surface area contributed by atoms with Crippen molar-refractivity contribution in [2.24, 2.45) is 11.8 Å². The molecule has 1 atom stereocenters. The molecule has 0 unspecified atom stereocenters. The number of carbonyl (C=O) groups excluding carboxylic acids is 3. The molecule has 0 aromatic carbocycles. The van der Waals surface area contributed by atoms with Gasteiger partial charge in [-0.05, 0) is 31.1 Å². The van der Waals surface area contributed by atoms with Crippen LogP contribution in [-0.4, -0.2) is 37.2 Å². The molecular weight excluding hydrogens is 817 g/mol. The maximum absolute atomic E-state index is 12.9. The molecule has 0 radical (unpaired) electrons. The Morgan fingerprint density at radius 1 is 0.288 bits per heavy atom. The Bertz CT molecular complexity index is 1010. The Labute approximate surface area is 412 Å². The third-order valence-electron chi connectivity index (χ3n) is 13.7. The average molecular weight is 934 g/mol. The van der Waals surface area contributed by atoms with Crippen molar-refractivity contribution in [3.63, 3.8) is 0 Å². The first-order valence-corrected chi connectivity index (χ1v) is 29.7. The van der Waals surface area contributed by atoms with Crippen molar-refractivity contribution in [1.29, 1.82) is 0 Å². The first kappa shape index (κ1) is 64.4. The van der Waals surface area contributed by atoms with Crippen LogP contribution < -0.4 is 0 Å². The van der Waals surface area contributed by atoms with E-state index in [-0.39, 0.29) is 31.1 Å². The fourth-order valence-electron chi connectivity index (χ4n) is 9.23. The molecule has 0 saturated carbocycles. The Kier molecular flexibility index (Phi) is 51.5. The Morgan fingerprint density at radius 2 is 0.500 bits per heavy atom. The third kappa shape index (κ3) is 53.4. The second-order valence-corrected chi connectivity index (χ2v) is 21.6. The van der Waals surface area contributed by atoms with Crippen LogP contribution in [0, 0.1) is 11.8 Å². The SMILES string of the molecule is CCCCCCCCCCCCCCCCCCCCCC(=O)OC[C@@H](COC(=O)CCCCCCCCCCCC(C)C)OC(=O)CCCCCCCCCCCCCCCCC(C)C. The van der Waals surface area contributed by atoms with Crippen molar-refractivity contribution in [1.82, 2.24) is 0 Å². The molecule has 0 saturated heterocycles. The van der Waals surface area contributed by atoms with E-state index in [1.165, 1.54) is 225 Å². The molecule has 0 aliphatic carbocycles. The molecule has 0 rings (SSSR count). The molecule has 392 valence electrons. The Morgan fingerprint density at radius 3 is 0.742 bits per heavy atom. The first-order valence-electron chi connectivity index (χ1n) is 29.7. The van der Waals surface area contributed by atoms with Gasteiger partial charge in [-0.2, -0.15) is 0 Å². The van der Waals surface area contributed by atoms with Gasteiger partial charge in [-0.15, -0.1) is 0 Å². The summed E-state index contributed by atoms with van der Waals surface area (Å²) in [5.41, 5.74) is 0. The van der Waals surface area contributed by atoms with E-state index in [0.29, 0.717) is 19.3 Å². The minimum Gasteiger partial charge on any atom is -0.462 e. The lowest BCUT2D eigenvalue weighted by Gasteiger charge is -2.18. The zero-order valence-electron chi connectivity index (χ0n) is 45.3. The molecule has 0 aromatic heterocycles. The summed E-state index contributed by atoms with van der Waals surface area (Å²) in [5.74, 6) is 0.813. The summed E-state index contributed by atoms with van der Waals surface area (Å²) in [6.45, 7) is 11.4. The minimum atomic E-state index is -0.763. The highest BCUT2D eigenvalue weighted by atomic mass is 16.6. The van der Waals surface area contributed by atoms with Crippen LogP contribution in [0.25, 0.3) is 0 Å². The Balaban J connectivity index is 4.26. The van der Waals surface area contributed by atoms with E-state index in [2.05, 4.69) is 34.6 Å². The van der Waals surface area contributed by atoms with Crippen molar-refractivity contribution in [2.75, 3.05) is 13.2 Å². The quantitative estimate of drug-likeness (QED) is 0.0343.